The number of imidazole rings is 1. The van der Waals surface area contributed by atoms with Crippen LogP contribution in [0.5, 0.6) is 5.75 Å². The van der Waals surface area contributed by atoms with Gasteiger partial charge >= 0.3 is 6.09 Å². The number of para-hydroxylation sites is 1. The molecule has 0 radical (unpaired) electrons. The van der Waals surface area contributed by atoms with Crippen LogP contribution < -0.4 is 10.5 Å². The first kappa shape index (κ1) is 14.8. The second-order valence-corrected chi connectivity index (χ2v) is 6.15. The fourth-order valence-electron chi connectivity index (χ4n) is 3.23. The number of amides is 1. The zero-order valence-electron chi connectivity index (χ0n) is 13.2. The van der Waals surface area contributed by atoms with Gasteiger partial charge in [0.2, 0.25) is 0 Å². The van der Waals surface area contributed by atoms with Crippen molar-refractivity contribution in [3.63, 3.8) is 0 Å². The van der Waals surface area contributed by atoms with E-state index in [9.17, 15) is 4.79 Å². The standard InChI is InChI=1S/C16H22N4O2/c1-10(2)20-8-7-11(9-20)15-18-14-12(19(15)3)5-4-6-13(14)22-16(17)21/h4-6,10-11H,7-9H2,1-3H3,(H2,17,21). The molecule has 2 aromatic rings. The highest BCUT2D eigenvalue weighted by Crippen LogP contribution is 2.32. The Hall–Kier alpha value is -2.08. The second-order valence-electron chi connectivity index (χ2n) is 6.15. The van der Waals surface area contributed by atoms with E-state index in [1.54, 1.807) is 6.07 Å². The molecule has 1 saturated heterocycles. The predicted octanol–water partition coefficient (Wildman–Crippen LogP) is 2.23. The van der Waals surface area contributed by atoms with Gasteiger partial charge in [-0.25, -0.2) is 9.78 Å². The smallest absolute Gasteiger partial charge is 0.408 e. The monoisotopic (exact) mass is 302 g/mol. The van der Waals surface area contributed by atoms with Gasteiger partial charge in [-0.15, -0.1) is 0 Å². The quantitative estimate of drug-likeness (QED) is 0.943. The molecule has 0 bridgehead atoms. The van der Waals surface area contributed by atoms with Crippen LogP contribution in [-0.4, -0.2) is 39.7 Å². The second kappa shape index (κ2) is 5.61. The Morgan fingerprint density at radius 3 is 2.86 bits per heavy atom. The number of rotatable bonds is 3. The van der Waals surface area contributed by atoms with Crippen LogP contribution in [0.1, 0.15) is 32.0 Å². The molecule has 6 nitrogen and oxygen atoms in total. The van der Waals surface area contributed by atoms with Crippen LogP contribution in [0.25, 0.3) is 11.0 Å². The summed E-state index contributed by atoms with van der Waals surface area (Å²) in [6.45, 7) is 6.54. The van der Waals surface area contributed by atoms with Crippen molar-refractivity contribution >= 4 is 17.1 Å². The lowest BCUT2D eigenvalue weighted by Gasteiger charge is -2.20. The third-order valence-electron chi connectivity index (χ3n) is 4.43. The van der Waals surface area contributed by atoms with Gasteiger partial charge in [0.15, 0.2) is 5.75 Å². The van der Waals surface area contributed by atoms with Crippen LogP contribution in [0.2, 0.25) is 0 Å². The van der Waals surface area contributed by atoms with E-state index in [4.69, 9.17) is 15.5 Å². The van der Waals surface area contributed by atoms with Gasteiger partial charge in [-0.1, -0.05) is 6.07 Å². The van der Waals surface area contributed by atoms with Gasteiger partial charge in [0.05, 0.1) is 5.52 Å². The van der Waals surface area contributed by atoms with Crippen LogP contribution in [-0.2, 0) is 7.05 Å². The summed E-state index contributed by atoms with van der Waals surface area (Å²) in [6.07, 6.45) is 0.285. The van der Waals surface area contributed by atoms with E-state index in [0.717, 1.165) is 30.9 Å². The van der Waals surface area contributed by atoms with E-state index in [1.165, 1.54) is 0 Å². The van der Waals surface area contributed by atoms with Gasteiger partial charge in [0, 0.05) is 25.6 Å². The van der Waals surface area contributed by atoms with Crippen LogP contribution in [0, 0.1) is 0 Å². The zero-order chi connectivity index (χ0) is 15.9. The summed E-state index contributed by atoms with van der Waals surface area (Å²) in [5.41, 5.74) is 6.78. The minimum atomic E-state index is -0.813. The average molecular weight is 302 g/mol. The molecule has 0 saturated carbocycles. The van der Waals surface area contributed by atoms with Gasteiger partial charge in [0.25, 0.3) is 0 Å². The number of carbonyl (C=O) groups is 1. The molecule has 1 unspecified atom stereocenters. The number of ether oxygens (including phenoxy) is 1. The lowest BCUT2D eigenvalue weighted by Crippen LogP contribution is -2.28. The summed E-state index contributed by atoms with van der Waals surface area (Å²) >= 11 is 0. The van der Waals surface area contributed by atoms with Crippen molar-refractivity contribution in [3.05, 3.63) is 24.0 Å². The van der Waals surface area contributed by atoms with Gasteiger partial charge in [-0.3, -0.25) is 0 Å². The maximum absolute atomic E-state index is 11.0. The summed E-state index contributed by atoms with van der Waals surface area (Å²) in [6, 6.07) is 6.10. The van der Waals surface area contributed by atoms with E-state index < -0.39 is 6.09 Å². The molecule has 1 aliphatic heterocycles. The third kappa shape index (κ3) is 2.54. The molecule has 0 aliphatic carbocycles. The summed E-state index contributed by atoms with van der Waals surface area (Å²) in [5.74, 6) is 1.87. The number of aryl methyl sites for hydroxylation is 1. The largest absolute Gasteiger partial charge is 0.410 e. The molecule has 1 atom stereocenters. The van der Waals surface area contributed by atoms with Gasteiger partial charge < -0.3 is 19.9 Å². The number of hydrogen-bond acceptors (Lipinski definition) is 4. The van der Waals surface area contributed by atoms with Crippen molar-refractivity contribution in [3.8, 4) is 5.75 Å². The van der Waals surface area contributed by atoms with E-state index >= 15 is 0 Å². The minimum absolute atomic E-state index is 0.404. The van der Waals surface area contributed by atoms with Gasteiger partial charge in [0.1, 0.15) is 11.3 Å². The molecule has 1 aromatic heterocycles. The normalized spacial score (nSPS) is 19.2. The minimum Gasteiger partial charge on any atom is -0.408 e. The maximum Gasteiger partial charge on any atom is 0.410 e. The molecule has 1 fully saturated rings. The number of nitrogens with two attached hydrogens (primary N) is 1. The Labute approximate surface area is 129 Å². The summed E-state index contributed by atoms with van der Waals surface area (Å²) < 4.78 is 7.17. The average Bonchev–Trinajstić information content (AvgIpc) is 3.04. The molecule has 1 aliphatic rings. The third-order valence-corrected chi connectivity index (χ3v) is 4.43. The Balaban J connectivity index is 1.98. The van der Waals surface area contributed by atoms with E-state index in [-0.39, 0.29) is 0 Å². The Bertz CT molecular complexity index is 707. The first-order chi connectivity index (χ1) is 10.5. The lowest BCUT2D eigenvalue weighted by atomic mass is 10.1. The molecule has 118 valence electrons. The Kier molecular flexibility index (Phi) is 3.78. The highest BCUT2D eigenvalue weighted by atomic mass is 16.5. The molecule has 1 amide bonds. The number of fused-ring (bicyclic) bond motifs is 1. The molecule has 3 rings (SSSR count). The summed E-state index contributed by atoms with van der Waals surface area (Å²) in [7, 11) is 2.01. The molecular weight excluding hydrogens is 280 g/mol. The molecule has 6 heteroatoms. The van der Waals surface area contributed by atoms with E-state index in [2.05, 4.69) is 23.3 Å². The van der Waals surface area contributed by atoms with Crippen LogP contribution in [0.3, 0.4) is 0 Å². The number of carbonyl (C=O) groups excluding carboxylic acids is 1. The maximum atomic E-state index is 11.0. The number of nitrogens with zero attached hydrogens (tertiary/aromatic N) is 3. The van der Waals surface area contributed by atoms with E-state index in [1.807, 2.05) is 19.2 Å². The first-order valence-electron chi connectivity index (χ1n) is 7.64. The molecular formula is C16H22N4O2. The van der Waals surface area contributed by atoms with Crippen LogP contribution in [0.4, 0.5) is 4.79 Å². The van der Waals surface area contributed by atoms with Crippen molar-refractivity contribution in [2.75, 3.05) is 13.1 Å². The Morgan fingerprint density at radius 1 is 1.45 bits per heavy atom. The molecule has 2 heterocycles. The number of likely N-dealkylation sites (tertiary alicyclic amines) is 1. The summed E-state index contributed by atoms with van der Waals surface area (Å²) in [4.78, 5) is 18.2. The molecule has 22 heavy (non-hydrogen) atoms. The molecule has 1 aromatic carbocycles. The number of aromatic nitrogens is 2. The number of hydrogen-bond donors (Lipinski definition) is 1. The SMILES string of the molecule is CC(C)N1CCC(c2nc3c(OC(N)=O)cccc3n2C)C1. The highest BCUT2D eigenvalue weighted by Gasteiger charge is 2.29. The van der Waals surface area contributed by atoms with Crippen molar-refractivity contribution in [1.29, 1.82) is 0 Å². The van der Waals surface area contributed by atoms with Crippen molar-refractivity contribution in [2.45, 2.75) is 32.2 Å². The van der Waals surface area contributed by atoms with Crippen molar-refractivity contribution in [2.24, 2.45) is 12.8 Å². The predicted molar refractivity (Wildman–Crippen MR) is 85.0 cm³/mol. The van der Waals surface area contributed by atoms with Crippen LogP contribution in [0.15, 0.2) is 18.2 Å². The zero-order valence-corrected chi connectivity index (χ0v) is 13.2. The van der Waals surface area contributed by atoms with Gasteiger partial charge in [-0.05, 0) is 38.9 Å². The topological polar surface area (TPSA) is 73.4 Å². The number of primary amides is 1. The van der Waals surface area contributed by atoms with E-state index in [0.29, 0.717) is 23.2 Å². The van der Waals surface area contributed by atoms with Gasteiger partial charge in [-0.2, -0.15) is 0 Å². The highest BCUT2D eigenvalue weighted by molar-refractivity contribution is 5.85. The summed E-state index contributed by atoms with van der Waals surface area (Å²) in [5, 5.41) is 0. The van der Waals surface area contributed by atoms with Crippen molar-refractivity contribution < 1.29 is 9.53 Å². The molecule has 0 spiro atoms. The fraction of sp³-hybridized carbons (Fsp3) is 0.500. The lowest BCUT2D eigenvalue weighted by molar-refractivity contribution is 0.211. The number of benzene rings is 1. The fourth-order valence-corrected chi connectivity index (χ4v) is 3.23. The first-order valence-corrected chi connectivity index (χ1v) is 7.64. The Morgan fingerprint density at radius 2 is 2.23 bits per heavy atom. The van der Waals surface area contributed by atoms with Crippen molar-refractivity contribution in [1.82, 2.24) is 14.5 Å². The van der Waals surface area contributed by atoms with Crippen LogP contribution >= 0.6 is 0 Å². The molecule has 2 N–H and O–H groups in total.